The van der Waals surface area contributed by atoms with E-state index in [0.29, 0.717) is 92.3 Å². The molecule has 4 aliphatic heterocycles. The van der Waals surface area contributed by atoms with Crippen molar-refractivity contribution in [2.24, 2.45) is 22.6 Å². The molecule has 5 aromatic carbocycles. The number of nitrogens with one attached hydrogen (secondary N) is 1. The van der Waals surface area contributed by atoms with Crippen molar-refractivity contribution >= 4 is 34.3 Å². The molecule has 6 atom stereocenters. The molecule has 0 saturated carbocycles. The van der Waals surface area contributed by atoms with E-state index in [1.54, 1.807) is 14.2 Å². The Labute approximate surface area is 452 Å². The summed E-state index contributed by atoms with van der Waals surface area (Å²) in [5, 5.41) is 53.2. The molecule has 0 radical (unpaired) electrons. The molecular formula is C65H73N3O9. The number of Topliss-reactive ketones (excluding diaryl/α,β-unsaturated/α-hetero) is 1. The predicted octanol–water partition coefficient (Wildman–Crippen LogP) is 11.6. The monoisotopic (exact) mass is 1040 g/mol. The van der Waals surface area contributed by atoms with E-state index in [9.17, 15) is 25.2 Å². The third-order valence-corrected chi connectivity index (χ3v) is 16.9. The average molecular weight is 1040 g/mol. The number of aliphatic hydroxyl groups is 3. The molecule has 1 spiro atoms. The van der Waals surface area contributed by atoms with E-state index in [2.05, 4.69) is 83.9 Å². The van der Waals surface area contributed by atoms with E-state index < -0.39 is 17.8 Å². The van der Waals surface area contributed by atoms with Gasteiger partial charge in [0.05, 0.1) is 19.1 Å². The summed E-state index contributed by atoms with van der Waals surface area (Å²) in [5.74, 6) is 4.92. The Balaban J connectivity index is 1.14. The summed E-state index contributed by atoms with van der Waals surface area (Å²) < 4.78 is 25.2. The Morgan fingerprint density at radius 2 is 1.79 bits per heavy atom. The number of anilines is 1. The van der Waals surface area contributed by atoms with Gasteiger partial charge in [0, 0.05) is 60.7 Å². The van der Waals surface area contributed by atoms with Crippen LogP contribution in [0.1, 0.15) is 145 Å². The third kappa shape index (κ3) is 11.1. The molecule has 77 heavy (non-hydrogen) atoms. The standard InChI is InChI=1S/C65H73N3O9/c1-5-75-28-25-41-11-8-14-44(30-41)54-22-19-45-33-43(13-7-6-10-40-12-9-15-47(31-40)68-64(66)67-3)46(35-55(45)70)34-49-36-48(69)20-17-42-18-23-57(74-4)58(32-42)77-38-53-50-21-16-39(2)52-37-56(71)62-61(59(50)52)51(60(53)63(72)73)24-26-65(54,62)27-29-76-49/h8-9,11-12,14-16,18,21,23,30-33,35,37,39,43,46,49,54,63,70-73H,5-7,10,13,17,19-20,22,24-26,28,34,36,38H2,1-4H3,(H3,66,67,68)/t39-,43-,46-,49-,54+,65+/m0/s1. The molecule has 0 amide bonds. The number of allylic oxidation sites excluding steroid dienone is 4. The summed E-state index contributed by atoms with van der Waals surface area (Å²) in [5.41, 5.74) is 14.9. The number of unbranched alkanes of at least 4 members (excludes halogenated alkanes) is 1. The average Bonchev–Trinajstić information content (AvgIpc) is 3.63. The summed E-state index contributed by atoms with van der Waals surface area (Å²) in [7, 11) is 3.24. The van der Waals surface area contributed by atoms with E-state index in [1.807, 2.05) is 49.4 Å². The van der Waals surface area contributed by atoms with Crippen LogP contribution in [0, 0.1) is 23.9 Å². The SMILES string of the molecule is CCOCCc1cccc([C@H]2CCC3=C[C@H](CCCCc4cccc(NC(N)=NC)c4)[C@H](C=C3O)C[C@H]3CC(=O)CCc4ccc(OC)c(c4)OCc4c(C(O)O)c5c6c(c(O)cc7c6c4C=C[C@@H]7C)[C@@]2(C#CO3)CC5)c1. The van der Waals surface area contributed by atoms with Crippen molar-refractivity contribution in [3.63, 3.8) is 0 Å². The molecule has 0 fully saturated rings. The summed E-state index contributed by atoms with van der Waals surface area (Å²) in [6.07, 6.45) is 16.6. The van der Waals surface area contributed by atoms with Gasteiger partial charge < -0.3 is 50.4 Å². The van der Waals surface area contributed by atoms with Crippen LogP contribution < -0.4 is 20.5 Å². The first-order valence-electron chi connectivity index (χ1n) is 27.7. The van der Waals surface area contributed by atoms with Gasteiger partial charge in [-0.05, 0) is 181 Å². The Morgan fingerprint density at radius 3 is 2.60 bits per heavy atom. The molecule has 3 aliphatic carbocycles. The smallest absolute Gasteiger partial charge is 0.192 e. The minimum absolute atomic E-state index is 0.000984. The molecule has 7 aliphatic rings. The number of carbonyl (C=O) groups is 1. The maximum absolute atomic E-state index is 14.4. The fraction of sp³-hybridized carbons (Fsp3) is 0.415. The number of hydrogen-bond acceptors (Lipinski definition) is 10. The summed E-state index contributed by atoms with van der Waals surface area (Å²) >= 11 is 0. The van der Waals surface area contributed by atoms with Crippen LogP contribution in [-0.2, 0) is 52.0 Å². The lowest BCUT2D eigenvalue weighted by Crippen LogP contribution is -2.37. The van der Waals surface area contributed by atoms with Gasteiger partial charge in [-0.2, -0.15) is 0 Å². The minimum Gasteiger partial charge on any atom is -0.508 e. The predicted molar refractivity (Wildman–Crippen MR) is 302 cm³/mol. The largest absolute Gasteiger partial charge is 0.508 e. The number of nitrogens with two attached hydrogens (primary N) is 1. The van der Waals surface area contributed by atoms with E-state index in [4.69, 9.17) is 24.7 Å². The fourth-order valence-electron chi connectivity index (χ4n) is 13.1. The van der Waals surface area contributed by atoms with E-state index in [-0.39, 0.29) is 60.4 Å². The van der Waals surface area contributed by atoms with E-state index in [0.717, 1.165) is 81.1 Å². The summed E-state index contributed by atoms with van der Waals surface area (Å²) in [6, 6.07) is 24.4. The zero-order valence-corrected chi connectivity index (χ0v) is 44.9. The number of fused-ring (bicyclic) bond motifs is 7. The molecule has 0 saturated heterocycles. The van der Waals surface area contributed by atoms with Crippen LogP contribution in [0.25, 0.3) is 16.8 Å². The second-order valence-electron chi connectivity index (χ2n) is 21.6. The van der Waals surface area contributed by atoms with Crippen molar-refractivity contribution < 1.29 is 44.2 Å². The highest BCUT2D eigenvalue weighted by Gasteiger charge is 2.48. The number of phenolic OH excluding ortho intramolecular Hbond substituents is 1. The first kappa shape index (κ1) is 53.4. The first-order chi connectivity index (χ1) is 37.4. The number of carbonyl (C=O) groups excluding carboxylic acids is 1. The molecule has 402 valence electrons. The molecule has 5 aromatic rings. The quantitative estimate of drug-likeness (QED) is 0.0217. The number of hydrogen-bond donors (Lipinski definition) is 6. The lowest BCUT2D eigenvalue weighted by molar-refractivity contribution is -0.121. The number of aliphatic hydroxyl groups excluding tert-OH is 2. The first-order valence-corrected chi connectivity index (χ1v) is 27.7. The van der Waals surface area contributed by atoms with Crippen molar-refractivity contribution in [2.45, 2.75) is 134 Å². The number of rotatable bonds is 13. The Morgan fingerprint density at radius 1 is 0.961 bits per heavy atom. The third-order valence-electron chi connectivity index (χ3n) is 16.9. The minimum atomic E-state index is -1.87. The molecule has 0 aromatic heterocycles. The van der Waals surface area contributed by atoms with Gasteiger partial charge in [0.2, 0.25) is 0 Å². The molecule has 12 nitrogen and oxygen atoms in total. The van der Waals surface area contributed by atoms with Crippen LogP contribution in [0.15, 0.2) is 107 Å². The number of aryl methyl sites for hydroxylation is 3. The van der Waals surface area contributed by atoms with Crippen LogP contribution in [0.4, 0.5) is 5.69 Å². The van der Waals surface area contributed by atoms with Gasteiger partial charge in [-0.1, -0.05) is 74.0 Å². The molecule has 11 bridgehead atoms. The highest BCUT2D eigenvalue weighted by atomic mass is 16.5. The molecular weight excluding hydrogens is 967 g/mol. The highest BCUT2D eigenvalue weighted by Crippen LogP contribution is 2.58. The Kier molecular flexibility index (Phi) is 16.1. The number of phenols is 1. The maximum Gasteiger partial charge on any atom is 0.192 e. The number of aromatic hydroxyl groups is 1. The van der Waals surface area contributed by atoms with Crippen LogP contribution >= 0.6 is 0 Å². The number of ketones is 1. The van der Waals surface area contributed by atoms with Gasteiger partial charge >= 0.3 is 0 Å². The zero-order chi connectivity index (χ0) is 53.8. The molecule has 12 heteroatoms. The number of ether oxygens (including phenoxy) is 4. The van der Waals surface area contributed by atoms with Gasteiger partial charge in [-0.25, -0.2) is 0 Å². The zero-order valence-electron chi connectivity index (χ0n) is 44.9. The Bertz CT molecular complexity index is 3230. The fourth-order valence-corrected chi connectivity index (χ4v) is 13.1. The summed E-state index contributed by atoms with van der Waals surface area (Å²) in [4.78, 5) is 18.4. The summed E-state index contributed by atoms with van der Waals surface area (Å²) in [6.45, 7) is 5.27. The van der Waals surface area contributed by atoms with Crippen molar-refractivity contribution in [1.29, 1.82) is 0 Å². The topological polar surface area (TPSA) is 185 Å². The number of guanidine groups is 1. The lowest BCUT2D eigenvalue weighted by Gasteiger charge is -2.44. The van der Waals surface area contributed by atoms with Crippen molar-refractivity contribution in [1.82, 2.24) is 0 Å². The second kappa shape index (κ2) is 23.3. The van der Waals surface area contributed by atoms with Crippen molar-refractivity contribution in [2.75, 3.05) is 32.7 Å². The number of benzene rings is 5. The van der Waals surface area contributed by atoms with Gasteiger partial charge in [0.1, 0.15) is 36.1 Å². The van der Waals surface area contributed by atoms with Gasteiger partial charge in [0.25, 0.3) is 0 Å². The second-order valence-corrected chi connectivity index (χ2v) is 21.6. The van der Waals surface area contributed by atoms with E-state index >= 15 is 0 Å². The van der Waals surface area contributed by atoms with Crippen LogP contribution in [0.3, 0.4) is 0 Å². The molecule has 7 N–H and O–H groups in total. The van der Waals surface area contributed by atoms with Gasteiger partial charge in [-0.3, -0.25) is 9.79 Å². The van der Waals surface area contributed by atoms with Gasteiger partial charge in [-0.15, -0.1) is 0 Å². The maximum atomic E-state index is 14.4. The van der Waals surface area contributed by atoms with Crippen LogP contribution in [0.2, 0.25) is 0 Å². The van der Waals surface area contributed by atoms with Crippen molar-refractivity contribution in [3.05, 3.63) is 158 Å². The number of nitrogens with zero attached hydrogens (tertiary/aromatic N) is 1. The lowest BCUT2D eigenvalue weighted by atomic mass is 9.58. The Hall–Kier alpha value is -7.04. The number of methoxy groups -OCH3 is 1. The van der Waals surface area contributed by atoms with Crippen LogP contribution in [0.5, 0.6) is 17.2 Å². The van der Waals surface area contributed by atoms with Crippen LogP contribution in [-0.4, -0.2) is 65.6 Å². The van der Waals surface area contributed by atoms with E-state index in [1.165, 1.54) is 5.56 Å². The molecule has 12 rings (SSSR count). The molecule has 4 heterocycles. The normalized spacial score (nSPS) is 23.0. The highest BCUT2D eigenvalue weighted by molar-refractivity contribution is 6.04. The van der Waals surface area contributed by atoms with Gasteiger partial charge in [0.15, 0.2) is 23.7 Å². The molecule has 0 unspecified atom stereocenters. The van der Waals surface area contributed by atoms with Crippen molar-refractivity contribution in [3.8, 4) is 29.3 Å². The number of aliphatic imine (C=N–C) groups is 1.